The average Bonchev–Trinajstić information content (AvgIpc) is 2.49. The van der Waals surface area contributed by atoms with E-state index in [1.54, 1.807) is 0 Å². The predicted octanol–water partition coefficient (Wildman–Crippen LogP) is 5.39. The number of hydrogen-bond donors (Lipinski definition) is 1. The molecule has 1 rings (SSSR count). The van der Waals surface area contributed by atoms with Crippen LogP contribution in [0.15, 0.2) is 12.7 Å². The van der Waals surface area contributed by atoms with Gasteiger partial charge >= 0.3 is 0 Å². The van der Waals surface area contributed by atoms with Crippen LogP contribution < -0.4 is 0 Å². The van der Waals surface area contributed by atoms with Gasteiger partial charge in [0.1, 0.15) is 0 Å². The van der Waals surface area contributed by atoms with Gasteiger partial charge in [-0.2, -0.15) is 4.89 Å². The molecule has 0 aliphatic heterocycles. The van der Waals surface area contributed by atoms with Gasteiger partial charge in [-0.15, -0.1) is 6.58 Å². The summed E-state index contributed by atoms with van der Waals surface area (Å²) in [6.45, 7) is 4.17. The van der Waals surface area contributed by atoms with E-state index in [9.17, 15) is 5.26 Å². The Bertz CT molecular complexity index is 243. The fourth-order valence-corrected chi connectivity index (χ4v) is 2.78. The fourth-order valence-electron chi connectivity index (χ4n) is 2.78. The Morgan fingerprint density at radius 2 is 1.43 bits per heavy atom. The Balaban J connectivity index is 2.40. The van der Waals surface area contributed by atoms with E-state index in [1.807, 2.05) is 6.08 Å². The summed E-state index contributed by atoms with van der Waals surface area (Å²) in [6, 6.07) is 0. The molecule has 1 aliphatic carbocycles. The minimum Gasteiger partial charge on any atom is -0.249 e. The zero-order valence-electron chi connectivity index (χ0n) is 13.4. The second kappa shape index (κ2) is 12.2. The molecule has 0 aromatic heterocycles. The minimum absolute atomic E-state index is 0.497. The quantitative estimate of drug-likeness (QED) is 0.225. The van der Waals surface area contributed by atoms with E-state index in [0.717, 1.165) is 38.5 Å². The van der Waals surface area contributed by atoms with Gasteiger partial charge in [0, 0.05) is 12.8 Å². The van der Waals surface area contributed by atoms with Gasteiger partial charge in [-0.05, 0) is 25.7 Å². The maximum Gasteiger partial charge on any atom is 0.233 e. The second-order valence-electron chi connectivity index (χ2n) is 6.02. The first-order chi connectivity index (χ1) is 10.3. The SMILES string of the molecule is C=CCCCOOC1(OO)CCCCCCCCCCC1. The summed E-state index contributed by atoms with van der Waals surface area (Å²) in [5, 5.41) is 9.33. The largest absolute Gasteiger partial charge is 0.249 e. The Morgan fingerprint density at radius 3 is 1.90 bits per heavy atom. The molecule has 0 spiro atoms. The van der Waals surface area contributed by atoms with Gasteiger partial charge in [0.05, 0.1) is 6.61 Å². The third-order valence-corrected chi connectivity index (χ3v) is 4.13. The number of unbranched alkanes of at least 4 members (excludes halogenated alkanes) is 1. The van der Waals surface area contributed by atoms with E-state index in [0.29, 0.717) is 19.4 Å². The molecule has 0 heterocycles. The molecule has 1 fully saturated rings. The molecule has 0 aromatic carbocycles. The highest BCUT2D eigenvalue weighted by Gasteiger charge is 2.33. The van der Waals surface area contributed by atoms with Gasteiger partial charge in [-0.25, -0.2) is 15.0 Å². The lowest BCUT2D eigenvalue weighted by atomic mass is 9.97. The standard InChI is InChI=1S/C17H32O4/c1-2-3-13-16-19-21-17(20-18)14-11-9-7-5-4-6-8-10-12-15-17/h2,18H,1,3-16H2. The Kier molecular flexibility index (Phi) is 10.8. The molecule has 0 radical (unpaired) electrons. The van der Waals surface area contributed by atoms with Crippen LogP contribution in [-0.2, 0) is 14.7 Å². The molecule has 0 saturated heterocycles. The molecule has 4 heteroatoms. The van der Waals surface area contributed by atoms with E-state index < -0.39 is 5.79 Å². The normalized spacial score (nSPS) is 21.2. The van der Waals surface area contributed by atoms with Crippen molar-refractivity contribution in [2.75, 3.05) is 6.61 Å². The lowest BCUT2D eigenvalue weighted by Crippen LogP contribution is -2.35. The van der Waals surface area contributed by atoms with Crippen LogP contribution in [0.3, 0.4) is 0 Å². The molecule has 1 saturated carbocycles. The molecule has 124 valence electrons. The maximum atomic E-state index is 9.33. The van der Waals surface area contributed by atoms with Crippen molar-refractivity contribution in [1.82, 2.24) is 0 Å². The van der Waals surface area contributed by atoms with Crippen molar-refractivity contribution in [3.63, 3.8) is 0 Å². The third kappa shape index (κ3) is 8.57. The Labute approximate surface area is 129 Å². The minimum atomic E-state index is -0.979. The molecule has 1 N–H and O–H groups in total. The third-order valence-electron chi connectivity index (χ3n) is 4.13. The van der Waals surface area contributed by atoms with Crippen LogP contribution >= 0.6 is 0 Å². The topological polar surface area (TPSA) is 47.9 Å². The molecule has 0 atom stereocenters. The zero-order chi connectivity index (χ0) is 15.2. The molecule has 4 nitrogen and oxygen atoms in total. The summed E-state index contributed by atoms with van der Waals surface area (Å²) in [4.78, 5) is 15.4. The molecular formula is C17H32O4. The van der Waals surface area contributed by atoms with E-state index in [4.69, 9.17) is 14.7 Å². The van der Waals surface area contributed by atoms with Crippen LogP contribution in [-0.4, -0.2) is 17.7 Å². The van der Waals surface area contributed by atoms with Gasteiger partial charge < -0.3 is 0 Å². The van der Waals surface area contributed by atoms with Crippen LogP contribution in [0.5, 0.6) is 0 Å². The lowest BCUT2D eigenvalue weighted by molar-refractivity contribution is -0.503. The van der Waals surface area contributed by atoms with Gasteiger partial charge in [-0.3, -0.25) is 0 Å². The van der Waals surface area contributed by atoms with Gasteiger partial charge in [0.2, 0.25) is 5.79 Å². The van der Waals surface area contributed by atoms with E-state index in [2.05, 4.69) is 6.58 Å². The Morgan fingerprint density at radius 1 is 0.905 bits per heavy atom. The molecule has 0 aromatic rings. The van der Waals surface area contributed by atoms with Crippen molar-refractivity contribution >= 4 is 0 Å². The Hall–Kier alpha value is -0.420. The molecular weight excluding hydrogens is 268 g/mol. The summed E-state index contributed by atoms with van der Waals surface area (Å²) in [5.74, 6) is -0.979. The van der Waals surface area contributed by atoms with Crippen molar-refractivity contribution in [3.05, 3.63) is 12.7 Å². The smallest absolute Gasteiger partial charge is 0.233 e. The summed E-state index contributed by atoms with van der Waals surface area (Å²) in [7, 11) is 0. The first kappa shape index (κ1) is 18.6. The van der Waals surface area contributed by atoms with Crippen LogP contribution in [0, 0.1) is 0 Å². The van der Waals surface area contributed by atoms with E-state index >= 15 is 0 Å². The van der Waals surface area contributed by atoms with Crippen molar-refractivity contribution in [3.8, 4) is 0 Å². The maximum absolute atomic E-state index is 9.33. The summed E-state index contributed by atoms with van der Waals surface area (Å²) in [6.07, 6.45) is 15.8. The van der Waals surface area contributed by atoms with Gasteiger partial charge in [0.15, 0.2) is 0 Å². The first-order valence-corrected chi connectivity index (χ1v) is 8.57. The van der Waals surface area contributed by atoms with Crippen LogP contribution in [0.4, 0.5) is 0 Å². The average molecular weight is 300 g/mol. The molecule has 1 aliphatic rings. The monoisotopic (exact) mass is 300 g/mol. The highest BCUT2D eigenvalue weighted by Crippen LogP contribution is 2.29. The molecule has 21 heavy (non-hydrogen) atoms. The summed E-state index contributed by atoms with van der Waals surface area (Å²) >= 11 is 0. The molecule has 0 unspecified atom stereocenters. The lowest BCUT2D eigenvalue weighted by Gasteiger charge is -2.29. The van der Waals surface area contributed by atoms with Crippen molar-refractivity contribution < 1.29 is 19.9 Å². The van der Waals surface area contributed by atoms with Crippen molar-refractivity contribution in [2.24, 2.45) is 0 Å². The van der Waals surface area contributed by atoms with Crippen molar-refractivity contribution in [1.29, 1.82) is 0 Å². The molecule has 0 amide bonds. The van der Waals surface area contributed by atoms with E-state index in [-0.39, 0.29) is 0 Å². The highest BCUT2D eigenvalue weighted by atomic mass is 17.3. The fraction of sp³-hybridized carbons (Fsp3) is 0.882. The van der Waals surface area contributed by atoms with Crippen LogP contribution in [0.25, 0.3) is 0 Å². The van der Waals surface area contributed by atoms with Gasteiger partial charge in [-0.1, -0.05) is 51.0 Å². The van der Waals surface area contributed by atoms with Gasteiger partial charge in [0.25, 0.3) is 0 Å². The van der Waals surface area contributed by atoms with Crippen molar-refractivity contribution in [2.45, 2.75) is 89.3 Å². The van der Waals surface area contributed by atoms with Crippen LogP contribution in [0.1, 0.15) is 83.5 Å². The van der Waals surface area contributed by atoms with Crippen LogP contribution in [0.2, 0.25) is 0 Å². The zero-order valence-corrected chi connectivity index (χ0v) is 13.4. The van der Waals surface area contributed by atoms with E-state index in [1.165, 1.54) is 32.1 Å². The predicted molar refractivity (Wildman–Crippen MR) is 83.7 cm³/mol. The second-order valence-corrected chi connectivity index (χ2v) is 6.02. The summed E-state index contributed by atoms with van der Waals surface area (Å²) in [5.41, 5.74) is 0. The number of allylic oxidation sites excluding steroid dienone is 1. The summed E-state index contributed by atoms with van der Waals surface area (Å²) < 4.78 is 0. The molecule has 0 bridgehead atoms. The number of rotatable bonds is 7. The highest BCUT2D eigenvalue weighted by molar-refractivity contribution is 4.69. The number of hydrogen-bond acceptors (Lipinski definition) is 4. The first-order valence-electron chi connectivity index (χ1n) is 8.57.